The zero-order chi connectivity index (χ0) is 12.5. The molecule has 0 radical (unpaired) electrons. The van der Waals surface area contributed by atoms with Crippen LogP contribution in [0.5, 0.6) is 5.75 Å². The molecule has 4 nitrogen and oxygen atoms in total. The van der Waals surface area contributed by atoms with Gasteiger partial charge in [-0.2, -0.15) is 0 Å². The maximum atomic E-state index is 8.89. The van der Waals surface area contributed by atoms with E-state index in [9.17, 15) is 0 Å². The van der Waals surface area contributed by atoms with Gasteiger partial charge in [-0.3, -0.25) is 0 Å². The number of benzene rings is 1. The molecule has 4 heteroatoms. The highest BCUT2D eigenvalue weighted by molar-refractivity contribution is 5.50. The molecule has 0 saturated carbocycles. The van der Waals surface area contributed by atoms with Crippen molar-refractivity contribution in [2.75, 3.05) is 38.3 Å². The average Bonchev–Trinajstić information content (AvgIpc) is 2.39. The van der Waals surface area contributed by atoms with Crippen LogP contribution in [0.1, 0.15) is 12.8 Å². The van der Waals surface area contributed by atoms with Gasteiger partial charge < -0.3 is 19.8 Å². The van der Waals surface area contributed by atoms with Crippen molar-refractivity contribution in [3.63, 3.8) is 0 Å². The van der Waals surface area contributed by atoms with E-state index in [-0.39, 0.29) is 13.2 Å². The smallest absolute Gasteiger partial charge is 0.120 e. The van der Waals surface area contributed by atoms with E-state index in [1.165, 1.54) is 0 Å². The van der Waals surface area contributed by atoms with Crippen LogP contribution in [0.4, 0.5) is 5.69 Å². The van der Waals surface area contributed by atoms with Crippen molar-refractivity contribution in [3.05, 3.63) is 24.3 Å². The Balaban J connectivity index is 2.71. The molecule has 2 N–H and O–H groups in total. The minimum Gasteiger partial charge on any atom is -0.497 e. The third kappa shape index (κ3) is 4.63. The Labute approximate surface area is 102 Å². The van der Waals surface area contributed by atoms with Gasteiger partial charge in [0, 0.05) is 38.1 Å². The van der Waals surface area contributed by atoms with Gasteiger partial charge in [0.25, 0.3) is 0 Å². The Bertz CT molecular complexity index is 309. The average molecular weight is 239 g/mol. The molecule has 0 fully saturated rings. The number of aliphatic hydroxyl groups is 2. The second kappa shape index (κ2) is 7.92. The fourth-order valence-corrected chi connectivity index (χ4v) is 1.70. The van der Waals surface area contributed by atoms with Gasteiger partial charge in [0.1, 0.15) is 5.75 Å². The molecule has 1 rings (SSSR count). The lowest BCUT2D eigenvalue weighted by molar-refractivity contribution is 0.282. The first-order valence-electron chi connectivity index (χ1n) is 5.92. The molecule has 0 amide bonds. The standard InChI is InChI=1S/C13H21NO3/c1-17-13-6-2-5-12(11-13)14(7-3-9-15)8-4-10-16/h2,5-6,11,15-16H,3-4,7-10H2,1H3. The van der Waals surface area contributed by atoms with Crippen molar-refractivity contribution in [1.29, 1.82) is 0 Å². The van der Waals surface area contributed by atoms with E-state index >= 15 is 0 Å². The van der Waals surface area contributed by atoms with Gasteiger partial charge in [0.15, 0.2) is 0 Å². The minimum atomic E-state index is 0.180. The molecule has 96 valence electrons. The van der Waals surface area contributed by atoms with E-state index in [0.717, 1.165) is 37.4 Å². The van der Waals surface area contributed by atoms with Gasteiger partial charge in [-0.15, -0.1) is 0 Å². The SMILES string of the molecule is COc1cccc(N(CCCO)CCCO)c1. The Morgan fingerprint density at radius 1 is 1.12 bits per heavy atom. The van der Waals surface area contributed by atoms with Crippen molar-refractivity contribution in [3.8, 4) is 5.75 Å². The van der Waals surface area contributed by atoms with Crippen LogP contribution in [0, 0.1) is 0 Å². The van der Waals surface area contributed by atoms with Gasteiger partial charge in [-0.1, -0.05) is 6.07 Å². The van der Waals surface area contributed by atoms with E-state index in [2.05, 4.69) is 4.90 Å². The molecule has 1 aromatic rings. The lowest BCUT2D eigenvalue weighted by Crippen LogP contribution is -2.26. The highest BCUT2D eigenvalue weighted by Crippen LogP contribution is 2.21. The largest absolute Gasteiger partial charge is 0.497 e. The molecule has 0 atom stereocenters. The molecule has 0 unspecified atom stereocenters. The van der Waals surface area contributed by atoms with E-state index in [1.807, 2.05) is 24.3 Å². The molecule has 17 heavy (non-hydrogen) atoms. The van der Waals surface area contributed by atoms with Gasteiger partial charge in [0.2, 0.25) is 0 Å². The highest BCUT2D eigenvalue weighted by atomic mass is 16.5. The molecular weight excluding hydrogens is 218 g/mol. The van der Waals surface area contributed by atoms with Crippen LogP contribution in [0.15, 0.2) is 24.3 Å². The molecule has 0 aromatic heterocycles. The van der Waals surface area contributed by atoms with E-state index < -0.39 is 0 Å². The van der Waals surface area contributed by atoms with Crippen LogP contribution in [-0.4, -0.2) is 43.6 Å². The molecule has 0 heterocycles. The predicted molar refractivity (Wildman–Crippen MR) is 68.6 cm³/mol. The predicted octanol–water partition coefficient (Wildman–Crippen LogP) is 1.27. The highest BCUT2D eigenvalue weighted by Gasteiger charge is 2.06. The quantitative estimate of drug-likeness (QED) is 0.717. The van der Waals surface area contributed by atoms with Gasteiger partial charge in [-0.05, 0) is 25.0 Å². The summed E-state index contributed by atoms with van der Waals surface area (Å²) in [6.45, 7) is 1.92. The molecule has 0 aliphatic rings. The van der Waals surface area contributed by atoms with Crippen molar-refractivity contribution in [2.45, 2.75) is 12.8 Å². The second-order valence-electron chi connectivity index (χ2n) is 3.84. The number of hydrogen-bond acceptors (Lipinski definition) is 4. The van der Waals surface area contributed by atoms with Crippen molar-refractivity contribution >= 4 is 5.69 Å². The number of methoxy groups -OCH3 is 1. The van der Waals surface area contributed by atoms with Crippen molar-refractivity contribution in [2.24, 2.45) is 0 Å². The summed E-state index contributed by atoms with van der Waals surface area (Å²) in [6, 6.07) is 7.82. The molecule has 0 aliphatic carbocycles. The maximum absolute atomic E-state index is 8.89. The molecule has 1 aromatic carbocycles. The molecule has 0 aliphatic heterocycles. The van der Waals surface area contributed by atoms with E-state index in [0.29, 0.717) is 0 Å². The van der Waals surface area contributed by atoms with E-state index in [4.69, 9.17) is 14.9 Å². The fourth-order valence-electron chi connectivity index (χ4n) is 1.70. The summed E-state index contributed by atoms with van der Waals surface area (Å²) >= 11 is 0. The Morgan fingerprint density at radius 3 is 2.29 bits per heavy atom. The Kier molecular flexibility index (Phi) is 6.43. The molecule has 0 bridgehead atoms. The van der Waals surface area contributed by atoms with Gasteiger partial charge in [0.05, 0.1) is 7.11 Å². The zero-order valence-electron chi connectivity index (χ0n) is 10.3. The monoisotopic (exact) mass is 239 g/mol. The minimum absolute atomic E-state index is 0.180. The maximum Gasteiger partial charge on any atom is 0.120 e. The summed E-state index contributed by atoms with van der Waals surface area (Å²) in [5.74, 6) is 0.820. The number of hydrogen-bond donors (Lipinski definition) is 2. The van der Waals surface area contributed by atoms with Crippen LogP contribution >= 0.6 is 0 Å². The first-order chi connectivity index (χ1) is 8.31. The summed E-state index contributed by atoms with van der Waals surface area (Å²) < 4.78 is 5.19. The van der Waals surface area contributed by atoms with Crippen LogP contribution in [0.25, 0.3) is 0 Å². The zero-order valence-corrected chi connectivity index (χ0v) is 10.3. The Morgan fingerprint density at radius 2 is 1.76 bits per heavy atom. The lowest BCUT2D eigenvalue weighted by Gasteiger charge is -2.24. The topological polar surface area (TPSA) is 52.9 Å². The van der Waals surface area contributed by atoms with Crippen LogP contribution in [0.3, 0.4) is 0 Å². The summed E-state index contributed by atoms with van der Waals surface area (Å²) in [5, 5.41) is 17.8. The number of rotatable bonds is 8. The van der Waals surface area contributed by atoms with Gasteiger partial charge >= 0.3 is 0 Å². The summed E-state index contributed by atoms with van der Waals surface area (Å²) in [7, 11) is 1.64. The van der Waals surface area contributed by atoms with Crippen LogP contribution in [0.2, 0.25) is 0 Å². The fraction of sp³-hybridized carbons (Fsp3) is 0.538. The summed E-state index contributed by atoms with van der Waals surface area (Å²) in [4.78, 5) is 2.15. The summed E-state index contributed by atoms with van der Waals surface area (Å²) in [5.41, 5.74) is 1.06. The van der Waals surface area contributed by atoms with E-state index in [1.54, 1.807) is 7.11 Å². The first kappa shape index (κ1) is 13.8. The third-order valence-electron chi connectivity index (χ3n) is 2.59. The summed E-state index contributed by atoms with van der Waals surface area (Å²) in [6.07, 6.45) is 1.45. The second-order valence-corrected chi connectivity index (χ2v) is 3.84. The number of ether oxygens (including phenoxy) is 1. The molecule has 0 saturated heterocycles. The van der Waals surface area contributed by atoms with Gasteiger partial charge in [-0.25, -0.2) is 0 Å². The van der Waals surface area contributed by atoms with Crippen molar-refractivity contribution in [1.82, 2.24) is 0 Å². The number of nitrogens with zero attached hydrogens (tertiary/aromatic N) is 1. The Hall–Kier alpha value is -1.26. The normalized spacial score (nSPS) is 10.3. The first-order valence-corrected chi connectivity index (χ1v) is 5.92. The van der Waals surface area contributed by atoms with Crippen LogP contribution < -0.4 is 9.64 Å². The molecule has 0 spiro atoms. The van der Waals surface area contributed by atoms with Crippen molar-refractivity contribution < 1.29 is 14.9 Å². The number of anilines is 1. The lowest BCUT2D eigenvalue weighted by atomic mass is 10.2. The van der Waals surface area contributed by atoms with Crippen LogP contribution in [-0.2, 0) is 0 Å². The number of aliphatic hydroxyl groups excluding tert-OH is 2. The third-order valence-corrected chi connectivity index (χ3v) is 2.59. The molecular formula is C13H21NO3.